The smallest absolute Gasteiger partial charge is 0.336 e. The number of hydrogen-bond acceptors (Lipinski definition) is 8. The Labute approximate surface area is 180 Å². The fraction of sp³-hybridized carbons (Fsp3) is 0.409. The van der Waals surface area contributed by atoms with Gasteiger partial charge in [-0.3, -0.25) is 10.1 Å². The van der Waals surface area contributed by atoms with Crippen LogP contribution in [0.3, 0.4) is 0 Å². The third-order valence-electron chi connectivity index (χ3n) is 4.79. The average Bonchev–Trinajstić information content (AvgIpc) is 2.73. The second kappa shape index (κ2) is 10.9. The highest BCUT2D eigenvalue weighted by Crippen LogP contribution is 2.40. The molecule has 0 saturated heterocycles. The molecule has 2 rings (SSSR count). The third kappa shape index (κ3) is 5.69. The van der Waals surface area contributed by atoms with Crippen LogP contribution >= 0.6 is 0 Å². The summed E-state index contributed by atoms with van der Waals surface area (Å²) in [7, 11) is 0. The van der Waals surface area contributed by atoms with E-state index >= 15 is 0 Å². The number of nitrogens with one attached hydrogen (secondary N) is 1. The van der Waals surface area contributed by atoms with Crippen molar-refractivity contribution >= 4 is 17.6 Å². The molecule has 9 heteroatoms. The lowest BCUT2D eigenvalue weighted by molar-refractivity contribution is -0.384. The van der Waals surface area contributed by atoms with Gasteiger partial charge in [0.05, 0.1) is 41.1 Å². The van der Waals surface area contributed by atoms with E-state index in [1.54, 1.807) is 19.9 Å². The maximum absolute atomic E-state index is 12.9. The van der Waals surface area contributed by atoms with Crippen LogP contribution in [0.2, 0.25) is 0 Å². The van der Waals surface area contributed by atoms with Gasteiger partial charge in [-0.1, -0.05) is 25.5 Å². The van der Waals surface area contributed by atoms with Gasteiger partial charge in [0, 0.05) is 23.5 Å². The molecular formula is C22H25N3O6. The zero-order valence-electron chi connectivity index (χ0n) is 17.8. The Kier molecular flexibility index (Phi) is 8.32. The monoisotopic (exact) mass is 427 g/mol. The van der Waals surface area contributed by atoms with Gasteiger partial charge in [0.2, 0.25) is 0 Å². The molecule has 9 nitrogen and oxygen atoms in total. The second-order valence-electron chi connectivity index (χ2n) is 7.02. The van der Waals surface area contributed by atoms with E-state index in [1.165, 1.54) is 18.2 Å². The van der Waals surface area contributed by atoms with E-state index < -0.39 is 22.8 Å². The molecule has 0 radical (unpaired) electrons. The first-order valence-corrected chi connectivity index (χ1v) is 9.95. The highest BCUT2D eigenvalue weighted by molar-refractivity contribution is 6.00. The van der Waals surface area contributed by atoms with Crippen LogP contribution in [0.15, 0.2) is 46.8 Å². The summed E-state index contributed by atoms with van der Waals surface area (Å²) >= 11 is 0. The van der Waals surface area contributed by atoms with E-state index in [9.17, 15) is 19.7 Å². The zero-order valence-corrected chi connectivity index (χ0v) is 17.8. The SMILES string of the molecule is CCCCOC(=O)C1=C(C)NC(C)=C(C(=O)OCCC#N)C1c1cccc([N+](=O)[O-])c1. The molecule has 0 amide bonds. The number of dihydropyridines is 1. The lowest BCUT2D eigenvalue weighted by atomic mass is 9.80. The summed E-state index contributed by atoms with van der Waals surface area (Å²) in [6.45, 7) is 5.43. The molecule has 1 unspecified atom stereocenters. The van der Waals surface area contributed by atoms with Gasteiger partial charge in [-0.2, -0.15) is 5.26 Å². The first-order chi connectivity index (χ1) is 14.8. The highest BCUT2D eigenvalue weighted by Gasteiger charge is 2.38. The number of nitro benzene ring substituents is 1. The maximum atomic E-state index is 12.9. The van der Waals surface area contributed by atoms with E-state index in [-0.39, 0.29) is 36.5 Å². The summed E-state index contributed by atoms with van der Waals surface area (Å²) < 4.78 is 10.6. The summed E-state index contributed by atoms with van der Waals surface area (Å²) in [6, 6.07) is 7.68. The number of carbonyl (C=O) groups is 2. The van der Waals surface area contributed by atoms with E-state index in [1.807, 2.05) is 13.0 Å². The predicted molar refractivity (Wildman–Crippen MR) is 111 cm³/mol. The Morgan fingerprint density at radius 1 is 1.16 bits per heavy atom. The molecule has 0 fully saturated rings. The molecule has 1 aromatic rings. The normalized spacial score (nSPS) is 15.7. The number of nitrogens with zero attached hydrogens (tertiary/aromatic N) is 2. The number of allylic oxidation sites excluding steroid dienone is 2. The van der Waals surface area contributed by atoms with Crippen molar-refractivity contribution in [3.63, 3.8) is 0 Å². The van der Waals surface area contributed by atoms with Crippen LogP contribution in [-0.4, -0.2) is 30.1 Å². The molecule has 0 aromatic heterocycles. The molecule has 0 spiro atoms. The van der Waals surface area contributed by atoms with Crippen LogP contribution in [-0.2, 0) is 19.1 Å². The fourth-order valence-corrected chi connectivity index (χ4v) is 3.34. The van der Waals surface area contributed by atoms with Crippen molar-refractivity contribution in [2.75, 3.05) is 13.2 Å². The Bertz CT molecular complexity index is 974. The van der Waals surface area contributed by atoms with Gasteiger partial charge in [-0.05, 0) is 25.8 Å². The average molecular weight is 427 g/mol. The summed E-state index contributed by atoms with van der Waals surface area (Å²) in [5.74, 6) is -2.22. The molecule has 164 valence electrons. The summed E-state index contributed by atoms with van der Waals surface area (Å²) in [5.41, 5.74) is 1.51. The lowest BCUT2D eigenvalue weighted by Crippen LogP contribution is -2.32. The van der Waals surface area contributed by atoms with E-state index in [2.05, 4.69) is 5.32 Å². The van der Waals surface area contributed by atoms with Gasteiger partial charge in [0.25, 0.3) is 5.69 Å². The first kappa shape index (κ1) is 23.6. The molecular weight excluding hydrogens is 402 g/mol. The number of rotatable bonds is 9. The number of ether oxygens (including phenoxy) is 2. The van der Waals surface area contributed by atoms with Crippen molar-refractivity contribution in [3.8, 4) is 6.07 Å². The molecule has 1 N–H and O–H groups in total. The topological polar surface area (TPSA) is 132 Å². The number of nitriles is 1. The first-order valence-electron chi connectivity index (χ1n) is 9.95. The van der Waals surface area contributed by atoms with Gasteiger partial charge in [-0.25, -0.2) is 9.59 Å². The molecule has 31 heavy (non-hydrogen) atoms. The van der Waals surface area contributed by atoms with E-state index in [4.69, 9.17) is 14.7 Å². The fourth-order valence-electron chi connectivity index (χ4n) is 3.34. The largest absolute Gasteiger partial charge is 0.462 e. The molecule has 0 aliphatic carbocycles. The van der Waals surface area contributed by atoms with Crippen LogP contribution in [0.1, 0.15) is 51.5 Å². The molecule has 1 heterocycles. The van der Waals surface area contributed by atoms with Crippen molar-refractivity contribution in [2.45, 2.75) is 46.0 Å². The van der Waals surface area contributed by atoms with Crippen LogP contribution in [0.4, 0.5) is 5.69 Å². The van der Waals surface area contributed by atoms with Gasteiger partial charge in [0.15, 0.2) is 0 Å². The quantitative estimate of drug-likeness (QED) is 0.273. The number of carbonyl (C=O) groups excluding carboxylic acids is 2. The van der Waals surface area contributed by atoms with Crippen LogP contribution in [0, 0.1) is 21.4 Å². The molecule has 0 bridgehead atoms. The van der Waals surface area contributed by atoms with E-state index in [0.29, 0.717) is 23.4 Å². The van der Waals surface area contributed by atoms with Gasteiger partial charge in [0.1, 0.15) is 6.61 Å². The molecule has 1 aromatic carbocycles. The van der Waals surface area contributed by atoms with Crippen LogP contribution in [0.5, 0.6) is 0 Å². The minimum Gasteiger partial charge on any atom is -0.462 e. The summed E-state index contributed by atoms with van der Waals surface area (Å²) in [5, 5.41) is 23.0. The number of unbranched alkanes of at least 4 members (excludes halogenated alkanes) is 1. The van der Waals surface area contributed by atoms with Gasteiger partial charge in [-0.15, -0.1) is 0 Å². The minimum atomic E-state index is -0.912. The number of benzene rings is 1. The number of non-ortho nitro benzene ring substituents is 1. The van der Waals surface area contributed by atoms with Crippen molar-refractivity contribution < 1.29 is 24.0 Å². The van der Waals surface area contributed by atoms with Crippen LogP contribution in [0.25, 0.3) is 0 Å². The van der Waals surface area contributed by atoms with E-state index in [0.717, 1.165) is 6.42 Å². The standard InChI is InChI=1S/C22H25N3O6/c1-4-5-11-30-21(26)18-14(2)24-15(3)19(22(27)31-12-7-10-23)20(18)16-8-6-9-17(13-16)25(28)29/h6,8-9,13,20,24H,4-5,7,11-12H2,1-3H3. The Morgan fingerprint density at radius 2 is 1.77 bits per heavy atom. The molecule has 1 atom stereocenters. The van der Waals surface area contributed by atoms with Gasteiger partial charge < -0.3 is 14.8 Å². The van der Waals surface area contributed by atoms with Crippen molar-refractivity contribution in [1.29, 1.82) is 5.26 Å². The number of hydrogen-bond donors (Lipinski definition) is 1. The Hall–Kier alpha value is -3.67. The second-order valence-corrected chi connectivity index (χ2v) is 7.02. The van der Waals surface area contributed by atoms with Crippen molar-refractivity contribution in [2.24, 2.45) is 0 Å². The maximum Gasteiger partial charge on any atom is 0.336 e. The predicted octanol–water partition coefficient (Wildman–Crippen LogP) is 3.63. The summed E-state index contributed by atoms with van der Waals surface area (Å²) in [4.78, 5) is 36.6. The number of nitro groups is 1. The number of esters is 2. The van der Waals surface area contributed by atoms with Crippen molar-refractivity contribution in [3.05, 3.63) is 62.5 Å². The summed E-state index contributed by atoms with van der Waals surface area (Å²) in [6.07, 6.45) is 1.55. The lowest BCUT2D eigenvalue weighted by Gasteiger charge is -2.30. The third-order valence-corrected chi connectivity index (χ3v) is 4.79. The molecule has 1 aliphatic rings. The van der Waals surface area contributed by atoms with Crippen LogP contribution < -0.4 is 5.32 Å². The molecule has 0 saturated carbocycles. The van der Waals surface area contributed by atoms with Crippen molar-refractivity contribution in [1.82, 2.24) is 5.32 Å². The van der Waals surface area contributed by atoms with Gasteiger partial charge >= 0.3 is 11.9 Å². The highest BCUT2D eigenvalue weighted by atomic mass is 16.6. The Balaban J connectivity index is 2.55. The minimum absolute atomic E-state index is 0.0216. The molecule has 1 aliphatic heterocycles. The Morgan fingerprint density at radius 3 is 2.32 bits per heavy atom. The zero-order chi connectivity index (χ0) is 23.0.